The van der Waals surface area contributed by atoms with Crippen LogP contribution in [0.15, 0.2) is 16.9 Å². The molecule has 3 heterocycles. The van der Waals surface area contributed by atoms with Crippen LogP contribution in [-0.2, 0) is 20.8 Å². The fraction of sp³-hybridized carbons (Fsp3) is 0.567. The number of nitrogens with one attached hydrogen (secondary N) is 1. The Bertz CT molecular complexity index is 1640. The highest BCUT2D eigenvalue weighted by Crippen LogP contribution is 2.61. The summed E-state index contributed by atoms with van der Waals surface area (Å²) < 4.78 is 47.0. The van der Waals surface area contributed by atoms with Crippen molar-refractivity contribution in [3.63, 3.8) is 0 Å². The number of carbonyl (C=O) groups excluding carboxylic acids is 3. The number of fused-ring (bicyclic) bond motifs is 8. The van der Waals surface area contributed by atoms with Crippen LogP contribution in [0, 0.1) is 17.8 Å². The number of primary amides is 1. The Kier molecular flexibility index (Phi) is 6.37. The smallest absolute Gasteiger partial charge is 0.508 e. The zero-order valence-corrected chi connectivity index (χ0v) is 24.4. The monoisotopic (exact) mass is 634 g/mol. The molecule has 1 amide bonds. The van der Waals surface area contributed by atoms with Gasteiger partial charge in [-0.3, -0.25) is 24.2 Å². The van der Waals surface area contributed by atoms with Gasteiger partial charge in [0.25, 0.3) is 5.91 Å². The minimum atomic E-state index is -5.13. The number of nitrogens with two attached hydrogens (primary N) is 1. The van der Waals surface area contributed by atoms with E-state index >= 15 is 0 Å². The molecule has 12 nitrogen and oxygen atoms in total. The van der Waals surface area contributed by atoms with Gasteiger partial charge in [0, 0.05) is 41.2 Å². The highest BCUT2D eigenvalue weighted by molar-refractivity contribution is 6.24. The predicted molar refractivity (Wildman–Crippen MR) is 150 cm³/mol. The molecule has 1 aromatic rings. The number of alkyl halides is 3. The molecule has 6 aliphatic rings. The Morgan fingerprint density at radius 1 is 1.18 bits per heavy atom. The summed E-state index contributed by atoms with van der Waals surface area (Å²) in [6, 6.07) is -1.62. The van der Waals surface area contributed by atoms with Crippen LogP contribution < -0.4 is 15.8 Å². The van der Waals surface area contributed by atoms with E-state index in [1.54, 1.807) is 0 Å². The minimum absolute atomic E-state index is 0.0399. The molecule has 2 saturated heterocycles. The molecule has 1 aromatic carbocycles. The summed E-state index contributed by atoms with van der Waals surface area (Å²) in [5.74, 6) is -9.24. The van der Waals surface area contributed by atoms with Crippen LogP contribution in [0.25, 0.3) is 5.76 Å². The first kappa shape index (κ1) is 29.9. The van der Waals surface area contributed by atoms with E-state index in [1.807, 2.05) is 0 Å². The van der Waals surface area contributed by atoms with Crippen molar-refractivity contribution in [2.75, 3.05) is 32.5 Å². The quantitative estimate of drug-likeness (QED) is 0.210. The fourth-order valence-electron chi connectivity index (χ4n) is 9.12. The summed E-state index contributed by atoms with van der Waals surface area (Å²) in [5.41, 5.74) is 0.579. The number of aliphatic hydroxyl groups excluding tert-OH is 2. The molecule has 0 radical (unpaired) electrons. The number of hydrogen-bond donors (Lipinski definition) is 6. The number of nitrogens with zero attached hydrogens (tertiary/aromatic N) is 2. The molecule has 7 rings (SSSR count). The van der Waals surface area contributed by atoms with Crippen molar-refractivity contribution < 1.29 is 52.7 Å². The molecule has 15 heteroatoms. The Labute approximate surface area is 254 Å². The van der Waals surface area contributed by atoms with Gasteiger partial charge in [-0.05, 0) is 64.6 Å². The van der Waals surface area contributed by atoms with Crippen LogP contribution >= 0.6 is 0 Å². The molecule has 7 N–H and O–H groups in total. The van der Waals surface area contributed by atoms with Crippen molar-refractivity contribution in [3.8, 4) is 11.5 Å². The number of likely N-dealkylation sites (N-methyl/N-ethyl adjacent to an activating group) is 1. The zero-order chi connectivity index (χ0) is 32.5. The number of hydrogen-bond acceptors (Lipinski definition) is 11. The molecule has 3 fully saturated rings. The van der Waals surface area contributed by atoms with Crippen molar-refractivity contribution in [3.05, 3.63) is 33.6 Å². The first-order chi connectivity index (χ1) is 21.1. The first-order valence-corrected chi connectivity index (χ1v) is 14.9. The van der Waals surface area contributed by atoms with Crippen LogP contribution in [0.3, 0.4) is 0 Å². The number of ketones is 2. The molecule has 242 valence electrons. The number of halogens is 3. The topological polar surface area (TPSA) is 186 Å². The van der Waals surface area contributed by atoms with Gasteiger partial charge in [0.05, 0.1) is 17.3 Å². The van der Waals surface area contributed by atoms with Crippen molar-refractivity contribution in [2.24, 2.45) is 23.5 Å². The second kappa shape index (κ2) is 9.59. The molecular weight excluding hydrogens is 601 g/mol. The van der Waals surface area contributed by atoms with Gasteiger partial charge in [0.15, 0.2) is 17.1 Å². The third kappa shape index (κ3) is 3.92. The van der Waals surface area contributed by atoms with E-state index in [0.29, 0.717) is 13.1 Å². The molecule has 0 bridgehead atoms. The molecule has 0 aromatic heterocycles. The average molecular weight is 635 g/mol. The molecule has 3 aliphatic carbocycles. The van der Waals surface area contributed by atoms with Crippen LogP contribution in [0.5, 0.6) is 11.5 Å². The zero-order valence-electron chi connectivity index (χ0n) is 24.4. The summed E-state index contributed by atoms with van der Waals surface area (Å²) >= 11 is 0. The second-order valence-electron chi connectivity index (χ2n) is 13.2. The first-order valence-electron chi connectivity index (χ1n) is 14.9. The molecule has 4 unspecified atom stereocenters. The van der Waals surface area contributed by atoms with Gasteiger partial charge < -0.3 is 36.2 Å². The third-order valence-electron chi connectivity index (χ3n) is 10.7. The van der Waals surface area contributed by atoms with E-state index in [0.717, 1.165) is 19.3 Å². The maximum atomic E-state index is 14.1. The number of amides is 1. The number of benzene rings is 1. The maximum absolute atomic E-state index is 14.1. The van der Waals surface area contributed by atoms with Crippen LogP contribution in [-0.4, -0.2) is 98.9 Å². The maximum Gasteiger partial charge on any atom is 0.573 e. The lowest BCUT2D eigenvalue weighted by molar-refractivity contribution is -0.275. The van der Waals surface area contributed by atoms with E-state index in [-0.39, 0.29) is 41.6 Å². The van der Waals surface area contributed by atoms with Gasteiger partial charge in [-0.2, -0.15) is 0 Å². The SMILES string of the molecule is CN(C)[C@@H]1C(=O)C(C(N)=O)=C(O)[C@@]2(O)C(=O)C3=C(O)c4c(O)c5c(c(OC(F)(F)F)c4CC3C[C@@H]12)C1C(CN5)CC2CCCN21. The lowest BCUT2D eigenvalue weighted by atomic mass is 9.57. The Morgan fingerprint density at radius 2 is 1.89 bits per heavy atom. The normalized spacial score (nSPS) is 34.1. The predicted octanol–water partition coefficient (Wildman–Crippen LogP) is 1.81. The highest BCUT2D eigenvalue weighted by atomic mass is 19.4. The van der Waals surface area contributed by atoms with Crippen molar-refractivity contribution >= 4 is 28.9 Å². The third-order valence-corrected chi connectivity index (χ3v) is 10.7. The molecule has 1 saturated carbocycles. The van der Waals surface area contributed by atoms with E-state index < -0.39 is 93.1 Å². The van der Waals surface area contributed by atoms with Crippen molar-refractivity contribution in [1.82, 2.24) is 9.80 Å². The summed E-state index contributed by atoms with van der Waals surface area (Å²) in [5, 5.41) is 49.0. The number of carbonyl (C=O) groups is 3. The number of Topliss-reactive ketones (excluding diaryl/α,β-unsaturated/α-hetero) is 2. The van der Waals surface area contributed by atoms with Crippen molar-refractivity contribution in [1.29, 1.82) is 0 Å². The number of phenols is 1. The molecule has 0 spiro atoms. The van der Waals surface area contributed by atoms with Crippen molar-refractivity contribution in [2.45, 2.75) is 62.2 Å². The lowest BCUT2D eigenvalue weighted by Crippen LogP contribution is -2.65. The molecule has 3 aliphatic heterocycles. The number of rotatable bonds is 3. The largest absolute Gasteiger partial charge is 0.573 e. The van der Waals surface area contributed by atoms with Gasteiger partial charge >= 0.3 is 6.36 Å². The molecular formula is C30H33F3N4O8. The summed E-state index contributed by atoms with van der Waals surface area (Å²) in [7, 11) is 2.92. The average Bonchev–Trinajstić information content (AvgIpc) is 3.53. The van der Waals surface area contributed by atoms with Gasteiger partial charge in [0.2, 0.25) is 5.78 Å². The van der Waals surface area contributed by atoms with Gasteiger partial charge in [-0.15, -0.1) is 13.2 Å². The molecule has 45 heavy (non-hydrogen) atoms. The van der Waals surface area contributed by atoms with Gasteiger partial charge in [-0.25, -0.2) is 0 Å². The summed E-state index contributed by atoms with van der Waals surface area (Å²) in [6.45, 7) is 1.03. The summed E-state index contributed by atoms with van der Waals surface area (Å²) in [4.78, 5) is 43.1. The van der Waals surface area contributed by atoms with E-state index in [2.05, 4.69) is 10.2 Å². The van der Waals surface area contributed by atoms with E-state index in [4.69, 9.17) is 10.5 Å². The van der Waals surface area contributed by atoms with E-state index in [9.17, 15) is 48.0 Å². The van der Waals surface area contributed by atoms with E-state index in [1.165, 1.54) is 19.0 Å². The van der Waals surface area contributed by atoms with Crippen LogP contribution in [0.1, 0.15) is 48.4 Å². The van der Waals surface area contributed by atoms with Gasteiger partial charge in [0.1, 0.15) is 22.8 Å². The van der Waals surface area contributed by atoms with Crippen LogP contribution in [0.2, 0.25) is 0 Å². The Morgan fingerprint density at radius 3 is 2.53 bits per heavy atom. The second-order valence-corrected chi connectivity index (χ2v) is 13.2. The number of aliphatic hydroxyl groups is 3. The fourth-order valence-corrected chi connectivity index (χ4v) is 9.12. The standard InChI is InChI=1S/C30H33F3N4O8/c1-36(2)21-14-8-10-7-13-16(22(38)15(10)26(41)29(14,44)27(42)18(24(21)40)28(34)43)23(39)19-17(25(13)45-30(31,32)33)20-11(9-35-19)6-12-4-3-5-37(12)20/h10-12,14,20-21,35,38-39,42,44H,3-9H2,1-2H3,(H2,34,43)/t10?,11?,12?,14-,20?,21-,29-/m0/s1. The minimum Gasteiger partial charge on any atom is -0.508 e. The Hall–Kier alpha value is -3.82. The highest BCUT2D eigenvalue weighted by Gasteiger charge is 2.64. The number of ether oxygens (including phenoxy) is 1. The van der Waals surface area contributed by atoms with Crippen LogP contribution in [0.4, 0.5) is 18.9 Å². The molecule has 7 atom stereocenters. The van der Waals surface area contributed by atoms with Gasteiger partial charge in [-0.1, -0.05) is 0 Å². The Balaban J connectivity index is 1.46. The number of phenolic OH excluding ortho intramolecular Hbond substituents is 1. The summed E-state index contributed by atoms with van der Waals surface area (Å²) in [6.07, 6.45) is -3.16. The lowest BCUT2D eigenvalue weighted by Gasteiger charge is -2.50. The number of aromatic hydroxyl groups is 1. The number of anilines is 1.